The second-order valence-corrected chi connectivity index (χ2v) is 6.03. The number of amides is 1. The van der Waals surface area contributed by atoms with Gasteiger partial charge in [-0.15, -0.1) is 0 Å². The fourth-order valence-electron chi connectivity index (χ4n) is 3.16. The van der Waals surface area contributed by atoms with E-state index < -0.39 is 0 Å². The Bertz CT molecular complexity index is 772. The lowest BCUT2D eigenvalue weighted by molar-refractivity contribution is -0.124. The molecular formula is C20H21NO4. The third-order valence-corrected chi connectivity index (χ3v) is 4.39. The molecule has 5 heteroatoms. The molecule has 130 valence electrons. The van der Waals surface area contributed by atoms with Crippen LogP contribution in [0.15, 0.2) is 42.5 Å². The molecule has 0 aliphatic heterocycles. The number of aryl methyl sites for hydroxylation is 1. The van der Waals surface area contributed by atoms with Gasteiger partial charge in [-0.1, -0.05) is 24.3 Å². The molecule has 1 amide bonds. The molecule has 0 fully saturated rings. The van der Waals surface area contributed by atoms with Gasteiger partial charge in [-0.05, 0) is 48.6 Å². The minimum absolute atomic E-state index is 0.0281. The van der Waals surface area contributed by atoms with Gasteiger partial charge in [0, 0.05) is 5.56 Å². The molecule has 5 nitrogen and oxygen atoms in total. The molecule has 0 saturated carbocycles. The lowest BCUT2D eigenvalue weighted by Crippen LogP contribution is -2.34. The van der Waals surface area contributed by atoms with Crippen LogP contribution in [-0.2, 0) is 11.2 Å². The van der Waals surface area contributed by atoms with Crippen molar-refractivity contribution in [3.8, 4) is 11.5 Å². The molecule has 1 aliphatic carbocycles. The Morgan fingerprint density at radius 1 is 1.24 bits per heavy atom. The monoisotopic (exact) mass is 339 g/mol. The normalized spacial score (nSPS) is 15.8. The topological polar surface area (TPSA) is 64.6 Å². The molecule has 2 aromatic carbocycles. The molecule has 3 rings (SSSR count). The number of rotatable bonds is 6. The zero-order valence-electron chi connectivity index (χ0n) is 14.2. The zero-order chi connectivity index (χ0) is 17.6. The highest BCUT2D eigenvalue weighted by atomic mass is 16.5. The van der Waals surface area contributed by atoms with E-state index in [-0.39, 0.29) is 18.6 Å². The number of benzene rings is 2. The minimum atomic E-state index is -0.178. The summed E-state index contributed by atoms with van der Waals surface area (Å²) < 4.78 is 10.8. The van der Waals surface area contributed by atoms with E-state index in [4.69, 9.17) is 9.47 Å². The fraction of sp³-hybridized carbons (Fsp3) is 0.300. The van der Waals surface area contributed by atoms with Gasteiger partial charge in [0.05, 0.1) is 13.2 Å². The standard InChI is InChI=1S/C20H21NO4/c1-24-19-11-14(12-22)9-10-18(19)25-13-20(23)21-17-8-4-6-15-5-2-3-7-16(15)17/h2-3,5,7,9-12,17H,4,6,8,13H2,1H3,(H,21,23)/t17-/m1/s1. The highest BCUT2D eigenvalue weighted by molar-refractivity contribution is 5.79. The number of aldehydes is 1. The summed E-state index contributed by atoms with van der Waals surface area (Å²) in [6, 6.07) is 13.1. The first kappa shape index (κ1) is 17.0. The van der Waals surface area contributed by atoms with Crippen LogP contribution in [0.5, 0.6) is 11.5 Å². The van der Waals surface area contributed by atoms with Gasteiger partial charge in [0.2, 0.25) is 0 Å². The first-order valence-electron chi connectivity index (χ1n) is 8.34. The minimum Gasteiger partial charge on any atom is -0.493 e. The summed E-state index contributed by atoms with van der Waals surface area (Å²) in [4.78, 5) is 23.1. The van der Waals surface area contributed by atoms with Crippen molar-refractivity contribution in [1.82, 2.24) is 5.32 Å². The number of ether oxygens (including phenoxy) is 2. The summed E-state index contributed by atoms with van der Waals surface area (Å²) in [5.41, 5.74) is 2.98. The zero-order valence-corrected chi connectivity index (χ0v) is 14.2. The van der Waals surface area contributed by atoms with Crippen LogP contribution < -0.4 is 14.8 Å². The predicted molar refractivity (Wildman–Crippen MR) is 94.1 cm³/mol. The molecule has 0 heterocycles. The van der Waals surface area contributed by atoms with Crippen molar-refractivity contribution in [3.63, 3.8) is 0 Å². The number of carbonyl (C=O) groups excluding carboxylic acids is 2. The number of nitrogens with one attached hydrogen (secondary N) is 1. The van der Waals surface area contributed by atoms with E-state index in [1.807, 2.05) is 12.1 Å². The summed E-state index contributed by atoms with van der Waals surface area (Å²) >= 11 is 0. The number of carbonyl (C=O) groups is 2. The Balaban J connectivity index is 1.62. The van der Waals surface area contributed by atoms with Crippen LogP contribution in [0.25, 0.3) is 0 Å². The van der Waals surface area contributed by atoms with E-state index in [9.17, 15) is 9.59 Å². The van der Waals surface area contributed by atoms with Crippen molar-refractivity contribution in [2.75, 3.05) is 13.7 Å². The Morgan fingerprint density at radius 2 is 2.08 bits per heavy atom. The van der Waals surface area contributed by atoms with Gasteiger partial charge >= 0.3 is 0 Å². The molecule has 25 heavy (non-hydrogen) atoms. The van der Waals surface area contributed by atoms with Gasteiger partial charge < -0.3 is 14.8 Å². The highest BCUT2D eigenvalue weighted by Gasteiger charge is 2.21. The molecule has 0 saturated heterocycles. The van der Waals surface area contributed by atoms with Crippen molar-refractivity contribution < 1.29 is 19.1 Å². The lowest BCUT2D eigenvalue weighted by Gasteiger charge is -2.26. The van der Waals surface area contributed by atoms with E-state index in [0.717, 1.165) is 25.5 Å². The average Bonchev–Trinajstić information content (AvgIpc) is 2.66. The predicted octanol–water partition coefficient (Wildman–Crippen LogP) is 3.08. The average molecular weight is 339 g/mol. The second-order valence-electron chi connectivity index (χ2n) is 6.03. The molecule has 1 aliphatic rings. The largest absolute Gasteiger partial charge is 0.493 e. The van der Waals surface area contributed by atoms with Gasteiger partial charge in [-0.2, -0.15) is 0 Å². The summed E-state index contributed by atoms with van der Waals surface area (Å²) in [7, 11) is 1.50. The highest BCUT2D eigenvalue weighted by Crippen LogP contribution is 2.30. The smallest absolute Gasteiger partial charge is 0.258 e. The number of methoxy groups -OCH3 is 1. The van der Waals surface area contributed by atoms with Crippen LogP contribution in [0.2, 0.25) is 0 Å². The van der Waals surface area contributed by atoms with E-state index in [0.29, 0.717) is 17.1 Å². The van der Waals surface area contributed by atoms with Gasteiger partial charge in [0.25, 0.3) is 5.91 Å². The van der Waals surface area contributed by atoms with Crippen molar-refractivity contribution in [1.29, 1.82) is 0 Å². The Kier molecular flexibility index (Phi) is 5.33. The van der Waals surface area contributed by atoms with Crippen LogP contribution in [0.1, 0.15) is 40.4 Å². The Labute approximate surface area is 147 Å². The number of hydrogen-bond acceptors (Lipinski definition) is 4. The molecule has 0 aromatic heterocycles. The van der Waals surface area contributed by atoms with Gasteiger partial charge in [0.1, 0.15) is 6.29 Å². The summed E-state index contributed by atoms with van der Waals surface area (Å²) in [5, 5.41) is 3.04. The van der Waals surface area contributed by atoms with Gasteiger partial charge in [-0.25, -0.2) is 0 Å². The molecule has 1 atom stereocenters. The van der Waals surface area contributed by atoms with E-state index in [1.165, 1.54) is 18.2 Å². The Morgan fingerprint density at radius 3 is 2.88 bits per heavy atom. The van der Waals surface area contributed by atoms with Crippen molar-refractivity contribution in [2.45, 2.75) is 25.3 Å². The van der Waals surface area contributed by atoms with E-state index in [2.05, 4.69) is 17.4 Å². The van der Waals surface area contributed by atoms with E-state index in [1.54, 1.807) is 18.2 Å². The maximum atomic E-state index is 12.3. The number of hydrogen-bond donors (Lipinski definition) is 1. The lowest BCUT2D eigenvalue weighted by atomic mass is 9.88. The van der Waals surface area contributed by atoms with Crippen LogP contribution in [0, 0.1) is 0 Å². The molecule has 1 N–H and O–H groups in total. The van der Waals surface area contributed by atoms with Crippen molar-refractivity contribution in [3.05, 3.63) is 59.2 Å². The summed E-state index contributed by atoms with van der Waals surface area (Å²) in [6.07, 6.45) is 3.78. The molecule has 2 aromatic rings. The fourth-order valence-corrected chi connectivity index (χ4v) is 3.16. The second kappa shape index (κ2) is 7.83. The first-order chi connectivity index (χ1) is 12.2. The molecule has 0 radical (unpaired) electrons. The van der Waals surface area contributed by atoms with Crippen LogP contribution in [-0.4, -0.2) is 25.9 Å². The van der Waals surface area contributed by atoms with Crippen molar-refractivity contribution in [2.24, 2.45) is 0 Å². The Hall–Kier alpha value is -2.82. The maximum absolute atomic E-state index is 12.3. The van der Waals surface area contributed by atoms with Gasteiger partial charge in [0.15, 0.2) is 18.1 Å². The third-order valence-electron chi connectivity index (χ3n) is 4.39. The van der Waals surface area contributed by atoms with Crippen molar-refractivity contribution >= 4 is 12.2 Å². The van der Waals surface area contributed by atoms with Crippen LogP contribution in [0.3, 0.4) is 0 Å². The molecule has 0 unspecified atom stereocenters. The summed E-state index contributed by atoms with van der Waals surface area (Å²) in [6.45, 7) is -0.102. The molecular weight excluding hydrogens is 318 g/mol. The van der Waals surface area contributed by atoms with Crippen LogP contribution in [0.4, 0.5) is 0 Å². The maximum Gasteiger partial charge on any atom is 0.258 e. The SMILES string of the molecule is COc1cc(C=O)ccc1OCC(=O)N[C@@H]1CCCc2ccccc21. The number of fused-ring (bicyclic) bond motifs is 1. The first-order valence-corrected chi connectivity index (χ1v) is 8.34. The quantitative estimate of drug-likeness (QED) is 0.822. The third kappa shape index (κ3) is 3.99. The van der Waals surface area contributed by atoms with Gasteiger partial charge in [-0.3, -0.25) is 9.59 Å². The summed E-state index contributed by atoms with van der Waals surface area (Å²) in [5.74, 6) is 0.691. The molecule has 0 bridgehead atoms. The van der Waals surface area contributed by atoms with Crippen LogP contribution >= 0.6 is 0 Å². The molecule has 0 spiro atoms. The van der Waals surface area contributed by atoms with E-state index >= 15 is 0 Å².